The zero-order chi connectivity index (χ0) is 17.0. The van der Waals surface area contributed by atoms with Crippen molar-refractivity contribution in [2.45, 2.75) is 46.6 Å². The van der Waals surface area contributed by atoms with Gasteiger partial charge in [0.2, 0.25) is 11.8 Å². The first kappa shape index (κ1) is 17.7. The van der Waals surface area contributed by atoms with E-state index in [2.05, 4.69) is 10.3 Å². The summed E-state index contributed by atoms with van der Waals surface area (Å²) in [6.07, 6.45) is 0.456. The molecule has 2 aromatic rings. The summed E-state index contributed by atoms with van der Waals surface area (Å²) < 4.78 is 5.64. The smallest absolute Gasteiger partial charge is 0.236 e. The number of oxazole rings is 1. The maximum Gasteiger partial charge on any atom is 0.236 e. The number of nitrogens with one attached hydrogen (secondary N) is 1. The molecule has 1 unspecified atom stereocenters. The quantitative estimate of drug-likeness (QED) is 0.814. The van der Waals surface area contributed by atoms with E-state index in [0.717, 1.165) is 4.88 Å². The molecular weight excluding hydrogens is 312 g/mol. The van der Waals surface area contributed by atoms with Crippen LogP contribution < -0.4 is 5.32 Å². The fourth-order valence-corrected chi connectivity index (χ4v) is 3.17. The first-order valence-electron chi connectivity index (χ1n) is 7.72. The molecule has 0 fully saturated rings. The number of aromatic nitrogens is 1. The molecule has 2 heterocycles. The van der Waals surface area contributed by atoms with Crippen LogP contribution in [0.5, 0.6) is 0 Å². The van der Waals surface area contributed by atoms with Crippen LogP contribution in [-0.2, 0) is 11.2 Å². The Balaban J connectivity index is 1.93. The Bertz CT molecular complexity index is 645. The minimum Gasteiger partial charge on any atom is -0.440 e. The van der Waals surface area contributed by atoms with Crippen LogP contribution in [0, 0.1) is 12.3 Å². The second-order valence-corrected chi connectivity index (χ2v) is 7.62. The SMILES string of the molecule is Cc1oc(-c2cccs2)nc1CC(=O)NCC(C)(C)CC(C)O. The average molecular weight is 336 g/mol. The maximum absolute atomic E-state index is 12.1. The highest BCUT2D eigenvalue weighted by Crippen LogP contribution is 2.26. The fourth-order valence-electron chi connectivity index (χ4n) is 2.52. The molecule has 5 nitrogen and oxygen atoms in total. The first-order chi connectivity index (χ1) is 10.8. The van der Waals surface area contributed by atoms with Crippen molar-refractivity contribution in [2.75, 3.05) is 6.54 Å². The molecule has 0 spiro atoms. The van der Waals surface area contributed by atoms with Gasteiger partial charge >= 0.3 is 0 Å². The van der Waals surface area contributed by atoms with Crippen LogP contribution in [-0.4, -0.2) is 28.6 Å². The summed E-state index contributed by atoms with van der Waals surface area (Å²) in [6.45, 7) is 8.15. The second-order valence-electron chi connectivity index (χ2n) is 6.67. The molecule has 0 aliphatic heterocycles. The number of carbonyl (C=O) groups is 1. The lowest BCUT2D eigenvalue weighted by atomic mass is 9.87. The third-order valence-electron chi connectivity index (χ3n) is 3.56. The van der Waals surface area contributed by atoms with Gasteiger partial charge in [-0.05, 0) is 37.1 Å². The standard InChI is InChI=1S/C17H24N2O3S/c1-11(20)9-17(3,4)10-18-15(21)8-13-12(2)22-16(19-13)14-6-5-7-23-14/h5-7,11,20H,8-10H2,1-4H3,(H,18,21). The minimum atomic E-state index is -0.381. The van der Waals surface area contributed by atoms with Crippen LogP contribution in [0.3, 0.4) is 0 Å². The van der Waals surface area contributed by atoms with E-state index in [1.807, 2.05) is 38.3 Å². The van der Waals surface area contributed by atoms with Crippen LogP contribution in [0.1, 0.15) is 38.6 Å². The Labute approximate surface area is 140 Å². The fraction of sp³-hybridized carbons (Fsp3) is 0.529. The lowest BCUT2D eigenvalue weighted by Crippen LogP contribution is -2.36. The van der Waals surface area contributed by atoms with E-state index in [-0.39, 0.29) is 23.8 Å². The Morgan fingerprint density at radius 3 is 2.87 bits per heavy atom. The van der Waals surface area contributed by atoms with E-state index in [1.165, 1.54) is 0 Å². The van der Waals surface area contributed by atoms with Crippen molar-refractivity contribution in [2.24, 2.45) is 5.41 Å². The van der Waals surface area contributed by atoms with Crippen LogP contribution in [0.25, 0.3) is 10.8 Å². The summed E-state index contributed by atoms with van der Waals surface area (Å²) in [7, 11) is 0. The normalized spacial score (nSPS) is 13.1. The van der Waals surface area contributed by atoms with Gasteiger partial charge in [0.05, 0.1) is 23.1 Å². The van der Waals surface area contributed by atoms with E-state index in [9.17, 15) is 9.90 Å². The molecule has 0 saturated heterocycles. The summed E-state index contributed by atoms with van der Waals surface area (Å²) >= 11 is 1.56. The molecule has 2 rings (SSSR count). The molecule has 2 aromatic heterocycles. The predicted octanol–water partition coefficient (Wildman–Crippen LogP) is 3.17. The molecule has 0 radical (unpaired) electrons. The number of aliphatic hydroxyl groups is 1. The molecule has 0 bridgehead atoms. The Morgan fingerprint density at radius 2 is 2.26 bits per heavy atom. The third-order valence-corrected chi connectivity index (χ3v) is 4.42. The number of carbonyl (C=O) groups excluding carboxylic acids is 1. The Morgan fingerprint density at radius 1 is 1.52 bits per heavy atom. The van der Waals surface area contributed by atoms with Gasteiger partial charge in [0, 0.05) is 6.54 Å². The average Bonchev–Trinajstić information content (AvgIpc) is 3.06. The molecule has 0 aromatic carbocycles. The number of aliphatic hydroxyl groups excluding tert-OH is 1. The number of thiophene rings is 1. The number of hydrogen-bond donors (Lipinski definition) is 2. The molecule has 1 atom stereocenters. The van der Waals surface area contributed by atoms with Crippen LogP contribution in [0.2, 0.25) is 0 Å². The van der Waals surface area contributed by atoms with Gasteiger partial charge in [-0.3, -0.25) is 4.79 Å². The number of aryl methyl sites for hydroxylation is 1. The lowest BCUT2D eigenvalue weighted by Gasteiger charge is -2.26. The van der Waals surface area contributed by atoms with Crippen molar-refractivity contribution >= 4 is 17.2 Å². The summed E-state index contributed by atoms with van der Waals surface area (Å²) in [4.78, 5) is 17.5. The van der Waals surface area contributed by atoms with E-state index in [1.54, 1.807) is 18.3 Å². The van der Waals surface area contributed by atoms with Gasteiger partial charge in [-0.1, -0.05) is 19.9 Å². The first-order valence-corrected chi connectivity index (χ1v) is 8.60. The Kier molecular flexibility index (Phi) is 5.59. The highest BCUT2D eigenvalue weighted by molar-refractivity contribution is 7.13. The molecule has 2 N–H and O–H groups in total. The Hall–Kier alpha value is -1.66. The molecule has 6 heteroatoms. The number of hydrogen-bond acceptors (Lipinski definition) is 5. The van der Waals surface area contributed by atoms with Gasteiger partial charge in [-0.2, -0.15) is 0 Å². The monoisotopic (exact) mass is 336 g/mol. The summed E-state index contributed by atoms with van der Waals surface area (Å²) in [6, 6.07) is 3.88. The van der Waals surface area contributed by atoms with Gasteiger partial charge in [0.25, 0.3) is 0 Å². The van der Waals surface area contributed by atoms with E-state index in [0.29, 0.717) is 30.3 Å². The van der Waals surface area contributed by atoms with Crippen molar-refractivity contribution in [3.8, 4) is 10.8 Å². The molecule has 0 aliphatic carbocycles. The van der Waals surface area contributed by atoms with Gasteiger partial charge in [-0.25, -0.2) is 4.98 Å². The minimum absolute atomic E-state index is 0.0854. The van der Waals surface area contributed by atoms with E-state index >= 15 is 0 Å². The highest BCUT2D eigenvalue weighted by atomic mass is 32.1. The van der Waals surface area contributed by atoms with E-state index < -0.39 is 0 Å². The van der Waals surface area contributed by atoms with Crippen LogP contribution in [0.4, 0.5) is 0 Å². The van der Waals surface area contributed by atoms with Gasteiger partial charge in [-0.15, -0.1) is 11.3 Å². The summed E-state index contributed by atoms with van der Waals surface area (Å²) in [5.41, 5.74) is 0.518. The molecule has 1 amide bonds. The predicted molar refractivity (Wildman–Crippen MR) is 91.3 cm³/mol. The van der Waals surface area contributed by atoms with Crippen LogP contribution in [0.15, 0.2) is 21.9 Å². The third kappa shape index (κ3) is 5.18. The van der Waals surface area contributed by atoms with Crippen molar-refractivity contribution in [3.63, 3.8) is 0 Å². The van der Waals surface area contributed by atoms with Crippen molar-refractivity contribution in [1.82, 2.24) is 10.3 Å². The lowest BCUT2D eigenvalue weighted by molar-refractivity contribution is -0.121. The topological polar surface area (TPSA) is 75.4 Å². The largest absolute Gasteiger partial charge is 0.440 e. The summed E-state index contributed by atoms with van der Waals surface area (Å²) in [5, 5.41) is 14.4. The second kappa shape index (κ2) is 7.27. The molecular formula is C17H24N2O3S. The van der Waals surface area contributed by atoms with Crippen molar-refractivity contribution in [3.05, 3.63) is 29.0 Å². The number of rotatable bonds is 7. The molecule has 0 saturated carbocycles. The van der Waals surface area contributed by atoms with Crippen LogP contribution >= 0.6 is 11.3 Å². The number of nitrogens with zero attached hydrogens (tertiary/aromatic N) is 1. The van der Waals surface area contributed by atoms with Gasteiger partial charge in [0.15, 0.2) is 0 Å². The summed E-state index contributed by atoms with van der Waals surface area (Å²) in [5.74, 6) is 1.15. The molecule has 0 aliphatic rings. The zero-order valence-electron chi connectivity index (χ0n) is 14.0. The number of amides is 1. The zero-order valence-corrected chi connectivity index (χ0v) is 14.9. The van der Waals surface area contributed by atoms with Crippen molar-refractivity contribution in [1.29, 1.82) is 0 Å². The maximum atomic E-state index is 12.1. The molecule has 23 heavy (non-hydrogen) atoms. The van der Waals surface area contributed by atoms with Gasteiger partial charge in [0.1, 0.15) is 5.76 Å². The van der Waals surface area contributed by atoms with Gasteiger partial charge < -0.3 is 14.8 Å². The van der Waals surface area contributed by atoms with E-state index in [4.69, 9.17) is 4.42 Å². The molecule has 126 valence electrons. The van der Waals surface area contributed by atoms with Crippen molar-refractivity contribution < 1.29 is 14.3 Å². The highest BCUT2D eigenvalue weighted by Gasteiger charge is 2.22.